The first-order chi connectivity index (χ1) is 16.3. The molecule has 0 saturated carbocycles. The van der Waals surface area contributed by atoms with Gasteiger partial charge in [0.1, 0.15) is 0 Å². The molecular formula is C30H20ClNS. The number of nitrogens with zero attached hydrogens (tertiary/aromatic N) is 1. The summed E-state index contributed by atoms with van der Waals surface area (Å²) in [5.41, 5.74) is 5.81. The predicted octanol–water partition coefficient (Wildman–Crippen LogP) is 9.84. The zero-order valence-corrected chi connectivity index (χ0v) is 19.4. The maximum atomic E-state index is 6.53. The standard InChI is InChI=1S/C30H20ClNS/c31-27-12-7-13-28-30(27)26-19-18-25(20-29(26)33-28)32(23-10-5-2-6-11-23)24-16-14-22(15-17-24)21-8-3-1-4-9-21/h1-20H. The molecule has 5 aromatic carbocycles. The molecule has 0 aliphatic carbocycles. The van der Waals surface area contributed by atoms with Crippen molar-refractivity contribution >= 4 is 60.2 Å². The molecule has 0 aliphatic heterocycles. The molecule has 3 heteroatoms. The van der Waals surface area contributed by atoms with Crippen LogP contribution in [-0.2, 0) is 0 Å². The van der Waals surface area contributed by atoms with E-state index in [1.807, 2.05) is 18.2 Å². The highest BCUT2D eigenvalue weighted by Crippen LogP contribution is 2.42. The van der Waals surface area contributed by atoms with Gasteiger partial charge >= 0.3 is 0 Å². The minimum absolute atomic E-state index is 0.808. The molecule has 1 nitrogen and oxygen atoms in total. The smallest absolute Gasteiger partial charge is 0.0499 e. The van der Waals surface area contributed by atoms with Crippen LogP contribution < -0.4 is 4.90 Å². The highest BCUT2D eigenvalue weighted by Gasteiger charge is 2.15. The Kier molecular flexibility index (Phi) is 5.10. The lowest BCUT2D eigenvalue weighted by atomic mass is 10.0. The molecule has 1 heterocycles. The van der Waals surface area contributed by atoms with Gasteiger partial charge in [-0.2, -0.15) is 0 Å². The Balaban J connectivity index is 1.48. The van der Waals surface area contributed by atoms with Gasteiger partial charge in [-0.1, -0.05) is 84.4 Å². The fourth-order valence-electron chi connectivity index (χ4n) is 4.37. The Bertz CT molecular complexity index is 1550. The van der Waals surface area contributed by atoms with E-state index >= 15 is 0 Å². The van der Waals surface area contributed by atoms with Crippen molar-refractivity contribution in [2.45, 2.75) is 0 Å². The van der Waals surface area contributed by atoms with Gasteiger partial charge in [-0.05, 0) is 59.7 Å². The van der Waals surface area contributed by atoms with Crippen molar-refractivity contribution in [3.05, 3.63) is 126 Å². The summed E-state index contributed by atoms with van der Waals surface area (Å²) < 4.78 is 2.45. The van der Waals surface area contributed by atoms with Crippen molar-refractivity contribution < 1.29 is 0 Å². The minimum Gasteiger partial charge on any atom is -0.310 e. The van der Waals surface area contributed by atoms with E-state index in [1.54, 1.807) is 11.3 Å². The van der Waals surface area contributed by atoms with Crippen LogP contribution in [0.1, 0.15) is 0 Å². The van der Waals surface area contributed by atoms with E-state index < -0.39 is 0 Å². The van der Waals surface area contributed by atoms with Crippen LogP contribution in [0.15, 0.2) is 121 Å². The zero-order valence-electron chi connectivity index (χ0n) is 17.8. The molecule has 33 heavy (non-hydrogen) atoms. The van der Waals surface area contributed by atoms with Gasteiger partial charge in [-0.3, -0.25) is 0 Å². The summed E-state index contributed by atoms with van der Waals surface area (Å²) in [5, 5.41) is 3.16. The number of para-hydroxylation sites is 1. The Morgan fingerprint density at radius 3 is 1.91 bits per heavy atom. The maximum Gasteiger partial charge on any atom is 0.0499 e. The third-order valence-corrected chi connectivity index (χ3v) is 7.37. The van der Waals surface area contributed by atoms with Crippen LogP contribution in [0.2, 0.25) is 5.02 Å². The molecule has 1 aromatic heterocycles. The molecule has 0 aliphatic rings. The number of hydrogen-bond acceptors (Lipinski definition) is 2. The van der Waals surface area contributed by atoms with Gasteiger partial charge in [-0.15, -0.1) is 11.3 Å². The van der Waals surface area contributed by atoms with Gasteiger partial charge in [0.05, 0.1) is 0 Å². The largest absolute Gasteiger partial charge is 0.310 e. The average Bonchev–Trinajstić information content (AvgIpc) is 3.25. The molecule has 6 rings (SSSR count). The van der Waals surface area contributed by atoms with E-state index in [2.05, 4.69) is 108 Å². The molecule has 0 bridgehead atoms. The Labute approximate surface area is 202 Å². The lowest BCUT2D eigenvalue weighted by Gasteiger charge is -2.25. The molecule has 0 N–H and O–H groups in total. The van der Waals surface area contributed by atoms with Crippen LogP contribution in [0.4, 0.5) is 17.1 Å². The summed E-state index contributed by atoms with van der Waals surface area (Å²) >= 11 is 8.32. The molecule has 6 aromatic rings. The van der Waals surface area contributed by atoms with Crippen molar-refractivity contribution in [1.82, 2.24) is 0 Å². The number of fused-ring (bicyclic) bond motifs is 3. The Morgan fingerprint density at radius 2 is 1.15 bits per heavy atom. The third-order valence-electron chi connectivity index (χ3n) is 5.94. The third kappa shape index (κ3) is 3.68. The minimum atomic E-state index is 0.808. The van der Waals surface area contributed by atoms with E-state index in [-0.39, 0.29) is 0 Å². The first kappa shape index (κ1) is 20.0. The van der Waals surface area contributed by atoms with Crippen LogP contribution in [-0.4, -0.2) is 0 Å². The zero-order chi connectivity index (χ0) is 22.2. The molecule has 0 amide bonds. The van der Waals surface area contributed by atoms with Gasteiger partial charge in [0.25, 0.3) is 0 Å². The quantitative estimate of drug-likeness (QED) is 0.252. The van der Waals surface area contributed by atoms with Crippen LogP contribution in [0.5, 0.6) is 0 Å². The lowest BCUT2D eigenvalue weighted by molar-refractivity contribution is 1.29. The van der Waals surface area contributed by atoms with Crippen LogP contribution in [0.25, 0.3) is 31.3 Å². The number of halogens is 1. The molecule has 0 spiro atoms. The summed E-state index contributed by atoms with van der Waals surface area (Å²) in [6.45, 7) is 0. The van der Waals surface area contributed by atoms with Gasteiger partial charge in [0.15, 0.2) is 0 Å². The van der Waals surface area contributed by atoms with Crippen molar-refractivity contribution in [3.8, 4) is 11.1 Å². The van der Waals surface area contributed by atoms with E-state index in [1.165, 1.54) is 25.9 Å². The van der Waals surface area contributed by atoms with Gasteiger partial charge in [-0.25, -0.2) is 0 Å². The maximum absolute atomic E-state index is 6.53. The monoisotopic (exact) mass is 461 g/mol. The average molecular weight is 462 g/mol. The number of benzene rings is 5. The normalized spacial score (nSPS) is 11.2. The first-order valence-electron chi connectivity index (χ1n) is 10.9. The van der Waals surface area contributed by atoms with Crippen molar-refractivity contribution in [3.63, 3.8) is 0 Å². The van der Waals surface area contributed by atoms with Gasteiger partial charge in [0, 0.05) is 42.3 Å². The number of hydrogen-bond donors (Lipinski definition) is 0. The van der Waals surface area contributed by atoms with Gasteiger partial charge in [0.2, 0.25) is 0 Å². The lowest BCUT2D eigenvalue weighted by Crippen LogP contribution is -2.09. The van der Waals surface area contributed by atoms with E-state index in [9.17, 15) is 0 Å². The first-order valence-corrected chi connectivity index (χ1v) is 12.1. The molecule has 158 valence electrons. The number of thiophene rings is 1. The summed E-state index contributed by atoms with van der Waals surface area (Å²) in [6, 6.07) is 42.6. The summed E-state index contributed by atoms with van der Waals surface area (Å²) in [4.78, 5) is 2.31. The molecule has 0 unspecified atom stereocenters. The van der Waals surface area contributed by atoms with Crippen LogP contribution in [0.3, 0.4) is 0 Å². The number of rotatable bonds is 4. The molecule has 0 atom stereocenters. The predicted molar refractivity (Wildman–Crippen MR) is 144 cm³/mol. The van der Waals surface area contributed by atoms with E-state index in [0.29, 0.717) is 0 Å². The molecular weight excluding hydrogens is 442 g/mol. The fraction of sp³-hybridized carbons (Fsp3) is 0. The second-order valence-corrected chi connectivity index (χ2v) is 9.47. The van der Waals surface area contributed by atoms with Crippen molar-refractivity contribution in [1.29, 1.82) is 0 Å². The fourth-order valence-corrected chi connectivity index (χ4v) is 5.87. The van der Waals surface area contributed by atoms with E-state index in [4.69, 9.17) is 11.6 Å². The highest BCUT2D eigenvalue weighted by molar-refractivity contribution is 7.26. The van der Waals surface area contributed by atoms with Crippen LogP contribution >= 0.6 is 22.9 Å². The molecule has 0 radical (unpaired) electrons. The SMILES string of the molecule is Clc1cccc2sc3cc(N(c4ccccc4)c4ccc(-c5ccccc5)cc4)ccc3c12. The van der Waals surface area contributed by atoms with E-state index in [0.717, 1.165) is 27.5 Å². The summed E-state index contributed by atoms with van der Waals surface area (Å²) in [6.07, 6.45) is 0. The second-order valence-electron chi connectivity index (χ2n) is 7.98. The number of anilines is 3. The topological polar surface area (TPSA) is 3.24 Å². The highest BCUT2D eigenvalue weighted by atomic mass is 35.5. The van der Waals surface area contributed by atoms with Crippen LogP contribution in [0, 0.1) is 0 Å². The Hall–Kier alpha value is -3.59. The summed E-state index contributed by atoms with van der Waals surface area (Å²) in [5.74, 6) is 0. The van der Waals surface area contributed by atoms with Gasteiger partial charge < -0.3 is 4.90 Å². The molecule has 0 saturated heterocycles. The Morgan fingerprint density at radius 1 is 0.515 bits per heavy atom. The van der Waals surface area contributed by atoms with Crippen molar-refractivity contribution in [2.24, 2.45) is 0 Å². The molecule has 0 fully saturated rings. The van der Waals surface area contributed by atoms with Crippen molar-refractivity contribution in [2.75, 3.05) is 4.90 Å². The second kappa shape index (κ2) is 8.40. The summed E-state index contributed by atoms with van der Waals surface area (Å²) in [7, 11) is 0.